The second-order valence-corrected chi connectivity index (χ2v) is 4.45. The van der Waals surface area contributed by atoms with Crippen LogP contribution in [0.15, 0.2) is 18.3 Å². The lowest BCUT2D eigenvalue weighted by molar-refractivity contribution is -0.136. The predicted molar refractivity (Wildman–Crippen MR) is 77.2 cm³/mol. The first-order chi connectivity index (χ1) is 9.55. The van der Waals surface area contributed by atoms with Crippen molar-refractivity contribution in [3.8, 4) is 11.8 Å². The first kappa shape index (κ1) is 16.2. The smallest absolute Gasteiger partial charge is 0.257 e. The molecule has 1 aromatic rings. The summed E-state index contributed by atoms with van der Waals surface area (Å²) in [7, 11) is 1.51. The van der Waals surface area contributed by atoms with Crippen LogP contribution in [-0.4, -0.2) is 35.3 Å². The molecule has 0 aliphatic heterocycles. The minimum absolute atomic E-state index is 0.0321. The topological polar surface area (TPSA) is 71.5 Å². The summed E-state index contributed by atoms with van der Waals surface area (Å²) in [5, 5.41) is 11.4. The summed E-state index contributed by atoms with van der Waals surface area (Å²) in [5.74, 6) is 5.91. The molecule has 1 rings (SSSR count). The van der Waals surface area contributed by atoms with Gasteiger partial charge in [-0.3, -0.25) is 4.79 Å². The van der Waals surface area contributed by atoms with Gasteiger partial charge in [-0.1, -0.05) is 18.8 Å². The molecule has 5 nitrogen and oxygen atoms in total. The predicted octanol–water partition coefficient (Wildman–Crippen LogP) is 1.57. The van der Waals surface area contributed by atoms with Gasteiger partial charge in [-0.15, -0.1) is 0 Å². The minimum Gasteiger partial charge on any atom is -0.395 e. The molecule has 20 heavy (non-hydrogen) atoms. The Labute approximate surface area is 119 Å². The Hall–Kier alpha value is -1.90. The van der Waals surface area contributed by atoms with Crippen LogP contribution in [-0.2, 0) is 9.53 Å². The summed E-state index contributed by atoms with van der Waals surface area (Å²) in [6.45, 7) is 3.64. The van der Waals surface area contributed by atoms with Crippen LogP contribution in [0.25, 0.3) is 0 Å². The summed E-state index contributed by atoms with van der Waals surface area (Å²) in [6, 6.07) is 3.43. The average molecular weight is 276 g/mol. The Morgan fingerprint density at radius 2 is 2.35 bits per heavy atom. The maximum Gasteiger partial charge on any atom is 0.257 e. The maximum absolute atomic E-state index is 12.1. The molecule has 1 aromatic heterocycles. The number of nitrogens with zero attached hydrogens (tertiary/aromatic N) is 1. The van der Waals surface area contributed by atoms with E-state index in [2.05, 4.69) is 22.1 Å². The van der Waals surface area contributed by atoms with Gasteiger partial charge >= 0.3 is 0 Å². The Bertz CT molecular complexity index is 513. The van der Waals surface area contributed by atoms with Crippen molar-refractivity contribution in [3.63, 3.8) is 0 Å². The van der Waals surface area contributed by atoms with E-state index in [1.54, 1.807) is 25.3 Å². The molecule has 0 bridgehead atoms. The van der Waals surface area contributed by atoms with Gasteiger partial charge in [-0.05, 0) is 25.5 Å². The van der Waals surface area contributed by atoms with Crippen LogP contribution in [0, 0.1) is 11.8 Å². The third-order valence-corrected chi connectivity index (χ3v) is 3.08. The number of rotatable bonds is 5. The van der Waals surface area contributed by atoms with Gasteiger partial charge in [0.05, 0.1) is 6.61 Å². The molecule has 0 saturated carbocycles. The highest BCUT2D eigenvalue weighted by Gasteiger charge is 2.31. The molecule has 0 aliphatic rings. The van der Waals surface area contributed by atoms with Crippen molar-refractivity contribution in [1.82, 2.24) is 4.98 Å². The van der Waals surface area contributed by atoms with Crippen LogP contribution in [0.3, 0.4) is 0 Å². The summed E-state index contributed by atoms with van der Waals surface area (Å²) in [6.07, 6.45) is 2.56. The van der Waals surface area contributed by atoms with Crippen LogP contribution in [0.4, 0.5) is 5.82 Å². The molecule has 0 saturated heterocycles. The summed E-state index contributed by atoms with van der Waals surface area (Å²) in [4.78, 5) is 16.2. The van der Waals surface area contributed by atoms with Gasteiger partial charge < -0.3 is 15.2 Å². The Morgan fingerprint density at radius 1 is 1.60 bits per heavy atom. The van der Waals surface area contributed by atoms with Crippen LogP contribution < -0.4 is 5.32 Å². The molecule has 0 radical (unpaired) electrons. The highest BCUT2D eigenvalue weighted by atomic mass is 16.5. The molecular formula is C15H20N2O3. The number of aromatic nitrogens is 1. The highest BCUT2D eigenvalue weighted by Crippen LogP contribution is 2.17. The van der Waals surface area contributed by atoms with Gasteiger partial charge in [-0.25, -0.2) is 4.98 Å². The number of hydrogen-bond acceptors (Lipinski definition) is 4. The average Bonchev–Trinajstić information content (AvgIpc) is 2.47. The highest BCUT2D eigenvalue weighted by molar-refractivity contribution is 5.96. The molecule has 108 valence electrons. The zero-order valence-electron chi connectivity index (χ0n) is 12.1. The van der Waals surface area contributed by atoms with Gasteiger partial charge in [0, 0.05) is 25.3 Å². The van der Waals surface area contributed by atoms with Gasteiger partial charge in [0.2, 0.25) is 0 Å². The van der Waals surface area contributed by atoms with Crippen molar-refractivity contribution in [1.29, 1.82) is 0 Å². The second-order valence-electron chi connectivity index (χ2n) is 4.45. The van der Waals surface area contributed by atoms with E-state index in [1.807, 2.05) is 6.92 Å². The number of ether oxygens (including phenoxy) is 1. The number of methoxy groups -OCH3 is 1. The number of aliphatic hydroxyl groups is 1. The SMILES string of the molecule is CCC(C)(OC)C(=O)Nc1cc(C#CCCO)ccn1. The van der Waals surface area contributed by atoms with Crippen LogP contribution in [0.1, 0.15) is 32.3 Å². The van der Waals surface area contributed by atoms with Gasteiger partial charge in [0.25, 0.3) is 5.91 Å². The number of hydrogen-bond donors (Lipinski definition) is 2. The third kappa shape index (κ3) is 4.34. The van der Waals surface area contributed by atoms with E-state index in [4.69, 9.17) is 9.84 Å². The van der Waals surface area contributed by atoms with Crippen molar-refractivity contribution >= 4 is 11.7 Å². The second kappa shape index (κ2) is 7.63. The fourth-order valence-electron chi connectivity index (χ4n) is 1.44. The molecule has 2 N–H and O–H groups in total. The lowest BCUT2D eigenvalue weighted by Crippen LogP contribution is -2.41. The molecule has 1 unspecified atom stereocenters. The number of amides is 1. The number of carbonyl (C=O) groups is 1. The Morgan fingerprint density at radius 3 is 2.95 bits per heavy atom. The van der Waals surface area contributed by atoms with Gasteiger partial charge in [-0.2, -0.15) is 0 Å². The number of pyridine rings is 1. The zero-order valence-corrected chi connectivity index (χ0v) is 12.1. The molecule has 0 aliphatic carbocycles. The standard InChI is InChI=1S/C15H20N2O3/c1-4-15(2,20-3)14(19)17-13-11-12(8-9-16-13)7-5-6-10-18/h8-9,11,18H,4,6,10H2,1-3H3,(H,16,17,19). The van der Waals surface area contributed by atoms with Crippen molar-refractivity contribution in [2.45, 2.75) is 32.3 Å². The molecule has 0 fully saturated rings. The molecule has 0 aromatic carbocycles. The van der Waals surface area contributed by atoms with Crippen LogP contribution in [0.5, 0.6) is 0 Å². The quantitative estimate of drug-likeness (QED) is 0.801. The fourth-order valence-corrected chi connectivity index (χ4v) is 1.44. The first-order valence-corrected chi connectivity index (χ1v) is 6.48. The molecular weight excluding hydrogens is 256 g/mol. The van der Waals surface area contributed by atoms with Gasteiger partial charge in [0.1, 0.15) is 11.4 Å². The van der Waals surface area contributed by atoms with Crippen molar-refractivity contribution < 1.29 is 14.6 Å². The normalized spacial score (nSPS) is 13.0. The molecule has 1 atom stereocenters. The fraction of sp³-hybridized carbons (Fsp3) is 0.467. The molecule has 5 heteroatoms. The number of anilines is 1. The number of nitrogens with one attached hydrogen (secondary N) is 1. The van der Waals surface area contributed by atoms with E-state index in [-0.39, 0.29) is 12.5 Å². The summed E-state index contributed by atoms with van der Waals surface area (Å²) < 4.78 is 5.24. The summed E-state index contributed by atoms with van der Waals surface area (Å²) in [5.41, 5.74) is -0.139. The van der Waals surface area contributed by atoms with Gasteiger partial charge in [0.15, 0.2) is 0 Å². The van der Waals surface area contributed by atoms with Crippen molar-refractivity contribution in [2.75, 3.05) is 19.0 Å². The van der Waals surface area contributed by atoms with E-state index in [1.165, 1.54) is 7.11 Å². The van der Waals surface area contributed by atoms with E-state index >= 15 is 0 Å². The van der Waals surface area contributed by atoms with E-state index in [0.717, 1.165) is 5.56 Å². The molecule has 1 amide bonds. The Kier molecular flexibility index (Phi) is 6.16. The summed E-state index contributed by atoms with van der Waals surface area (Å²) >= 11 is 0. The lowest BCUT2D eigenvalue weighted by atomic mass is 10.0. The largest absolute Gasteiger partial charge is 0.395 e. The van der Waals surface area contributed by atoms with Crippen molar-refractivity contribution in [3.05, 3.63) is 23.9 Å². The van der Waals surface area contributed by atoms with E-state index < -0.39 is 5.60 Å². The Balaban J connectivity index is 2.81. The van der Waals surface area contributed by atoms with Crippen LogP contribution >= 0.6 is 0 Å². The first-order valence-electron chi connectivity index (χ1n) is 6.48. The molecule has 1 heterocycles. The zero-order chi connectivity index (χ0) is 15.0. The number of carbonyl (C=O) groups excluding carboxylic acids is 1. The number of aliphatic hydroxyl groups excluding tert-OH is 1. The third-order valence-electron chi connectivity index (χ3n) is 3.08. The minimum atomic E-state index is -0.875. The van der Waals surface area contributed by atoms with E-state index in [0.29, 0.717) is 18.7 Å². The maximum atomic E-state index is 12.1. The van der Waals surface area contributed by atoms with Crippen molar-refractivity contribution in [2.24, 2.45) is 0 Å². The monoisotopic (exact) mass is 276 g/mol. The molecule has 0 spiro atoms. The van der Waals surface area contributed by atoms with Crippen LogP contribution in [0.2, 0.25) is 0 Å². The van der Waals surface area contributed by atoms with E-state index in [9.17, 15) is 4.79 Å². The lowest BCUT2D eigenvalue weighted by Gasteiger charge is -2.24.